The molecule has 2 aliphatic carbocycles. The maximum absolute atomic E-state index is 12.0. The molecule has 3 rings (SSSR count). The van der Waals surface area contributed by atoms with Crippen LogP contribution in [0.15, 0.2) is 0 Å². The van der Waals surface area contributed by atoms with Crippen LogP contribution in [0.4, 0.5) is 5.95 Å². The molecule has 128 valence electrons. The van der Waals surface area contributed by atoms with Gasteiger partial charge in [0, 0.05) is 38.4 Å². The van der Waals surface area contributed by atoms with E-state index in [2.05, 4.69) is 27.4 Å². The first kappa shape index (κ1) is 16.2. The molecule has 0 aliphatic heterocycles. The maximum atomic E-state index is 12.0. The van der Waals surface area contributed by atoms with Crippen LogP contribution in [-0.4, -0.2) is 52.9 Å². The molecule has 0 radical (unpaired) electrons. The maximum Gasteiger partial charge on any atom is 0.244 e. The number of aliphatic hydroxyl groups is 1. The summed E-state index contributed by atoms with van der Waals surface area (Å²) in [5, 5.41) is 20.4. The molecule has 3 N–H and O–H groups in total. The molecule has 7 heteroatoms. The Hall–Kier alpha value is -1.63. The van der Waals surface area contributed by atoms with Crippen LogP contribution in [0, 0.1) is 17.8 Å². The van der Waals surface area contributed by atoms with Gasteiger partial charge in [-0.15, -0.1) is 5.10 Å². The van der Waals surface area contributed by atoms with E-state index in [0.29, 0.717) is 24.8 Å². The summed E-state index contributed by atoms with van der Waals surface area (Å²) >= 11 is 0. The molecular weight excluding hydrogens is 294 g/mol. The standard InChI is InChI=1S/C16H27N5O2/c1-9-4-11(5-9)15(23)17-8-12-6-10(7-13(12)22)14-18-16(20-19-14)21(2)3/h9-13,22H,4-8H2,1-3H3,(H,17,23)(H,18,19,20)/t9?,10-,11?,12+,13+/m0/s1. The van der Waals surface area contributed by atoms with Crippen LogP contribution >= 0.6 is 0 Å². The van der Waals surface area contributed by atoms with Gasteiger partial charge in [0.2, 0.25) is 11.9 Å². The van der Waals surface area contributed by atoms with Crippen LogP contribution in [0.25, 0.3) is 0 Å². The molecule has 0 spiro atoms. The molecule has 1 aromatic rings. The number of hydrogen-bond acceptors (Lipinski definition) is 5. The number of aromatic amines is 1. The number of hydrogen-bond donors (Lipinski definition) is 3. The molecule has 2 aliphatic rings. The van der Waals surface area contributed by atoms with Gasteiger partial charge in [-0.05, 0) is 31.6 Å². The number of nitrogens with one attached hydrogen (secondary N) is 2. The molecule has 0 saturated heterocycles. The molecule has 2 saturated carbocycles. The Bertz CT molecular complexity index is 552. The minimum Gasteiger partial charge on any atom is -0.393 e. The lowest BCUT2D eigenvalue weighted by molar-refractivity contribution is -0.129. The minimum atomic E-state index is -0.395. The SMILES string of the molecule is CC1CC(C(=O)NC[C@H]2C[C@H](c3nc(N(C)C)n[nH]3)C[C@H]2O)C1. The fraction of sp³-hybridized carbons (Fsp3) is 0.812. The van der Waals surface area contributed by atoms with E-state index in [1.54, 1.807) is 0 Å². The lowest BCUT2D eigenvalue weighted by Gasteiger charge is -2.31. The first-order chi connectivity index (χ1) is 10.9. The summed E-state index contributed by atoms with van der Waals surface area (Å²) in [6.07, 6.45) is 3.09. The topological polar surface area (TPSA) is 94.1 Å². The predicted molar refractivity (Wildman–Crippen MR) is 87.1 cm³/mol. The van der Waals surface area contributed by atoms with E-state index in [1.165, 1.54) is 0 Å². The van der Waals surface area contributed by atoms with Crippen molar-refractivity contribution < 1.29 is 9.90 Å². The summed E-state index contributed by atoms with van der Waals surface area (Å²) in [6, 6.07) is 0. The fourth-order valence-electron chi connectivity index (χ4n) is 3.69. The molecule has 1 amide bonds. The molecule has 0 unspecified atom stereocenters. The highest BCUT2D eigenvalue weighted by Gasteiger charge is 2.37. The van der Waals surface area contributed by atoms with E-state index in [9.17, 15) is 9.90 Å². The normalized spacial score (nSPS) is 33.3. The summed E-state index contributed by atoms with van der Waals surface area (Å²) in [5.41, 5.74) is 0. The van der Waals surface area contributed by atoms with E-state index in [1.807, 2.05) is 19.0 Å². The van der Waals surface area contributed by atoms with Gasteiger partial charge in [0.25, 0.3) is 0 Å². The Labute approximate surface area is 136 Å². The number of aromatic nitrogens is 3. The Morgan fingerprint density at radius 3 is 2.70 bits per heavy atom. The number of nitrogens with zero attached hydrogens (tertiary/aromatic N) is 3. The Balaban J connectivity index is 1.50. The number of carbonyl (C=O) groups is 1. The molecule has 1 aromatic heterocycles. The van der Waals surface area contributed by atoms with E-state index in [-0.39, 0.29) is 23.7 Å². The summed E-state index contributed by atoms with van der Waals surface area (Å²) in [6.45, 7) is 2.73. The van der Waals surface area contributed by atoms with Crippen molar-refractivity contribution in [2.45, 2.75) is 44.6 Å². The number of carbonyl (C=O) groups excluding carboxylic acids is 1. The van der Waals surface area contributed by atoms with Crippen LogP contribution in [0.2, 0.25) is 0 Å². The minimum absolute atomic E-state index is 0.0920. The number of H-pyrrole nitrogens is 1. The van der Waals surface area contributed by atoms with Crippen molar-refractivity contribution in [1.29, 1.82) is 0 Å². The first-order valence-corrected chi connectivity index (χ1v) is 8.49. The summed E-state index contributed by atoms with van der Waals surface area (Å²) in [4.78, 5) is 18.4. The molecule has 7 nitrogen and oxygen atoms in total. The largest absolute Gasteiger partial charge is 0.393 e. The third-order valence-corrected chi connectivity index (χ3v) is 5.22. The Morgan fingerprint density at radius 1 is 1.35 bits per heavy atom. The van der Waals surface area contributed by atoms with Gasteiger partial charge in [0.1, 0.15) is 5.82 Å². The third-order valence-electron chi connectivity index (χ3n) is 5.22. The highest BCUT2D eigenvalue weighted by Crippen LogP contribution is 2.37. The lowest BCUT2D eigenvalue weighted by Crippen LogP contribution is -2.40. The van der Waals surface area contributed by atoms with Crippen LogP contribution in [0.1, 0.15) is 44.3 Å². The molecule has 3 atom stereocenters. The molecule has 0 bridgehead atoms. The zero-order chi connectivity index (χ0) is 16.6. The van der Waals surface area contributed by atoms with Gasteiger partial charge in [-0.1, -0.05) is 6.92 Å². The number of amides is 1. The van der Waals surface area contributed by atoms with Gasteiger partial charge in [0.15, 0.2) is 0 Å². The van der Waals surface area contributed by atoms with E-state index < -0.39 is 6.10 Å². The third kappa shape index (κ3) is 3.49. The Kier molecular flexibility index (Phi) is 4.57. The average Bonchev–Trinajstić information content (AvgIpc) is 3.08. The smallest absolute Gasteiger partial charge is 0.244 e. The molecule has 23 heavy (non-hydrogen) atoms. The van der Waals surface area contributed by atoms with Crippen molar-refractivity contribution in [3.05, 3.63) is 5.82 Å². The van der Waals surface area contributed by atoms with Gasteiger partial charge in [-0.25, -0.2) is 0 Å². The highest BCUT2D eigenvalue weighted by molar-refractivity contribution is 5.79. The number of rotatable bonds is 5. The zero-order valence-corrected chi connectivity index (χ0v) is 14.1. The predicted octanol–water partition coefficient (Wildman–Crippen LogP) is 0.887. The molecule has 1 heterocycles. The van der Waals surface area contributed by atoms with Crippen LogP contribution in [0.5, 0.6) is 0 Å². The number of aliphatic hydroxyl groups excluding tert-OH is 1. The number of anilines is 1. The van der Waals surface area contributed by atoms with Gasteiger partial charge in [-0.2, -0.15) is 4.98 Å². The van der Waals surface area contributed by atoms with Crippen molar-refractivity contribution in [2.75, 3.05) is 25.5 Å². The molecule has 0 aromatic carbocycles. The van der Waals surface area contributed by atoms with Crippen molar-refractivity contribution in [1.82, 2.24) is 20.5 Å². The van der Waals surface area contributed by atoms with Crippen molar-refractivity contribution in [3.63, 3.8) is 0 Å². The zero-order valence-electron chi connectivity index (χ0n) is 14.1. The van der Waals surface area contributed by atoms with Crippen LogP contribution in [-0.2, 0) is 4.79 Å². The lowest BCUT2D eigenvalue weighted by atomic mass is 9.75. The quantitative estimate of drug-likeness (QED) is 0.749. The summed E-state index contributed by atoms with van der Waals surface area (Å²) in [5.74, 6) is 2.75. The van der Waals surface area contributed by atoms with E-state index in [0.717, 1.165) is 25.1 Å². The van der Waals surface area contributed by atoms with Crippen LogP contribution < -0.4 is 10.2 Å². The van der Waals surface area contributed by atoms with Crippen molar-refractivity contribution in [3.8, 4) is 0 Å². The second kappa shape index (κ2) is 6.47. The monoisotopic (exact) mass is 321 g/mol. The van der Waals surface area contributed by atoms with Crippen molar-refractivity contribution >= 4 is 11.9 Å². The fourth-order valence-corrected chi connectivity index (χ4v) is 3.69. The van der Waals surface area contributed by atoms with Gasteiger partial charge < -0.3 is 15.3 Å². The Morgan fingerprint density at radius 2 is 2.09 bits per heavy atom. The second-order valence-electron chi connectivity index (χ2n) is 7.43. The molecule has 2 fully saturated rings. The molecular formula is C16H27N5O2. The average molecular weight is 321 g/mol. The van der Waals surface area contributed by atoms with Gasteiger partial charge >= 0.3 is 0 Å². The van der Waals surface area contributed by atoms with Crippen LogP contribution in [0.3, 0.4) is 0 Å². The van der Waals surface area contributed by atoms with Crippen molar-refractivity contribution in [2.24, 2.45) is 17.8 Å². The second-order valence-corrected chi connectivity index (χ2v) is 7.43. The van der Waals surface area contributed by atoms with E-state index >= 15 is 0 Å². The first-order valence-electron chi connectivity index (χ1n) is 8.49. The van der Waals surface area contributed by atoms with Gasteiger partial charge in [0.05, 0.1) is 6.10 Å². The summed E-state index contributed by atoms with van der Waals surface area (Å²) < 4.78 is 0. The van der Waals surface area contributed by atoms with E-state index in [4.69, 9.17) is 0 Å². The van der Waals surface area contributed by atoms with Gasteiger partial charge in [-0.3, -0.25) is 9.89 Å². The highest BCUT2D eigenvalue weighted by atomic mass is 16.3. The summed E-state index contributed by atoms with van der Waals surface area (Å²) in [7, 11) is 3.80.